The molecule has 1 aromatic rings. The first-order chi connectivity index (χ1) is 6.65. The zero-order valence-electron chi connectivity index (χ0n) is 8.57. The average Bonchev–Trinajstić information content (AvgIpc) is 2.51. The van der Waals surface area contributed by atoms with E-state index in [-0.39, 0.29) is 12.1 Å². The van der Waals surface area contributed by atoms with Crippen molar-refractivity contribution in [1.82, 2.24) is 0 Å². The van der Waals surface area contributed by atoms with Crippen LogP contribution >= 0.6 is 11.8 Å². The summed E-state index contributed by atoms with van der Waals surface area (Å²) in [6.45, 7) is 3.62. The number of thioether (sulfide) groups is 1. The van der Waals surface area contributed by atoms with Gasteiger partial charge in [-0.3, -0.25) is 0 Å². The lowest BCUT2D eigenvalue weighted by Crippen LogP contribution is -2.17. The molecule has 1 aromatic heterocycles. The van der Waals surface area contributed by atoms with E-state index in [2.05, 4.69) is 0 Å². The van der Waals surface area contributed by atoms with E-state index in [1.54, 1.807) is 24.8 Å². The highest BCUT2D eigenvalue weighted by atomic mass is 32.2. The number of rotatable bonds is 4. The topological polar surface area (TPSA) is 39.4 Å². The van der Waals surface area contributed by atoms with Crippen LogP contribution in [-0.2, 0) is 4.74 Å². The Kier molecular flexibility index (Phi) is 4.07. The standard InChI is InChI=1S/C10H14O3S/c1-7(6-14-3)13-10(11)9-4-5-12-8(9)2/h4-5,7H,6H2,1-3H3. The van der Waals surface area contributed by atoms with Gasteiger partial charge in [0.2, 0.25) is 0 Å². The Morgan fingerprint density at radius 3 is 2.93 bits per heavy atom. The normalized spacial score (nSPS) is 12.5. The van der Waals surface area contributed by atoms with Crippen molar-refractivity contribution in [3.63, 3.8) is 0 Å². The number of ether oxygens (including phenoxy) is 1. The van der Waals surface area contributed by atoms with E-state index < -0.39 is 0 Å². The molecule has 1 rings (SSSR count). The van der Waals surface area contributed by atoms with Gasteiger partial charge in [0.15, 0.2) is 0 Å². The van der Waals surface area contributed by atoms with Gasteiger partial charge in [0.25, 0.3) is 0 Å². The molecule has 0 aliphatic heterocycles. The third kappa shape index (κ3) is 2.80. The quantitative estimate of drug-likeness (QED) is 0.722. The van der Waals surface area contributed by atoms with Crippen molar-refractivity contribution in [2.24, 2.45) is 0 Å². The summed E-state index contributed by atoms with van der Waals surface area (Å²) in [5.74, 6) is 1.10. The summed E-state index contributed by atoms with van der Waals surface area (Å²) in [6, 6.07) is 1.63. The first-order valence-corrected chi connectivity index (χ1v) is 5.78. The average molecular weight is 214 g/mol. The van der Waals surface area contributed by atoms with Crippen molar-refractivity contribution in [2.45, 2.75) is 20.0 Å². The Bertz CT molecular complexity index is 306. The highest BCUT2D eigenvalue weighted by Crippen LogP contribution is 2.12. The van der Waals surface area contributed by atoms with Gasteiger partial charge in [-0.25, -0.2) is 4.79 Å². The maximum Gasteiger partial charge on any atom is 0.341 e. The molecule has 0 fully saturated rings. The maximum absolute atomic E-state index is 11.5. The van der Waals surface area contributed by atoms with Crippen LogP contribution in [0.15, 0.2) is 16.7 Å². The smallest absolute Gasteiger partial charge is 0.341 e. The van der Waals surface area contributed by atoms with Crippen LogP contribution < -0.4 is 0 Å². The first-order valence-electron chi connectivity index (χ1n) is 4.39. The molecule has 1 unspecified atom stereocenters. The molecule has 0 aliphatic carbocycles. The number of hydrogen-bond acceptors (Lipinski definition) is 4. The van der Waals surface area contributed by atoms with Crippen LogP contribution in [0.3, 0.4) is 0 Å². The minimum Gasteiger partial charge on any atom is -0.469 e. The molecule has 78 valence electrons. The SMILES string of the molecule is CSCC(C)OC(=O)c1ccoc1C. The van der Waals surface area contributed by atoms with Crippen LogP contribution in [0, 0.1) is 6.92 Å². The number of carbonyl (C=O) groups is 1. The maximum atomic E-state index is 11.5. The number of carbonyl (C=O) groups excluding carboxylic acids is 1. The van der Waals surface area contributed by atoms with E-state index in [4.69, 9.17) is 9.15 Å². The summed E-state index contributed by atoms with van der Waals surface area (Å²) >= 11 is 1.65. The molecule has 0 saturated heterocycles. The van der Waals surface area contributed by atoms with Gasteiger partial charge in [0.05, 0.1) is 6.26 Å². The molecule has 0 saturated carbocycles. The fourth-order valence-electron chi connectivity index (χ4n) is 1.11. The van der Waals surface area contributed by atoms with E-state index in [0.29, 0.717) is 11.3 Å². The molecule has 0 N–H and O–H groups in total. The van der Waals surface area contributed by atoms with Crippen LogP contribution in [0.1, 0.15) is 23.0 Å². The minimum absolute atomic E-state index is 0.0631. The van der Waals surface area contributed by atoms with Crippen LogP contribution in [0.2, 0.25) is 0 Å². The first kappa shape index (κ1) is 11.2. The lowest BCUT2D eigenvalue weighted by Gasteiger charge is -2.10. The van der Waals surface area contributed by atoms with Crippen LogP contribution in [0.4, 0.5) is 0 Å². The summed E-state index contributed by atoms with van der Waals surface area (Å²) in [5, 5.41) is 0. The molecule has 4 heteroatoms. The van der Waals surface area contributed by atoms with Crippen LogP contribution in [-0.4, -0.2) is 24.1 Å². The lowest BCUT2D eigenvalue weighted by atomic mass is 10.2. The molecular formula is C10H14O3S. The third-order valence-electron chi connectivity index (χ3n) is 1.79. The third-order valence-corrected chi connectivity index (χ3v) is 2.59. The molecule has 0 bridgehead atoms. The number of furan rings is 1. The molecule has 0 aromatic carbocycles. The van der Waals surface area contributed by atoms with E-state index in [1.165, 1.54) is 6.26 Å². The molecular weight excluding hydrogens is 200 g/mol. The Morgan fingerprint density at radius 1 is 1.71 bits per heavy atom. The molecule has 0 spiro atoms. The summed E-state index contributed by atoms with van der Waals surface area (Å²) < 4.78 is 10.2. The van der Waals surface area contributed by atoms with Gasteiger partial charge in [0, 0.05) is 5.75 Å². The Labute approximate surface area is 87.8 Å². The van der Waals surface area contributed by atoms with Crippen molar-refractivity contribution in [3.05, 3.63) is 23.7 Å². The molecule has 1 heterocycles. The Balaban J connectivity index is 2.55. The summed E-state index contributed by atoms with van der Waals surface area (Å²) in [6.07, 6.45) is 3.41. The molecule has 14 heavy (non-hydrogen) atoms. The number of aryl methyl sites for hydroxylation is 1. The van der Waals surface area contributed by atoms with E-state index in [0.717, 1.165) is 5.75 Å². The molecule has 3 nitrogen and oxygen atoms in total. The van der Waals surface area contributed by atoms with Crippen LogP contribution in [0.25, 0.3) is 0 Å². The predicted molar refractivity (Wildman–Crippen MR) is 56.7 cm³/mol. The minimum atomic E-state index is -0.308. The van der Waals surface area contributed by atoms with Crippen LogP contribution in [0.5, 0.6) is 0 Å². The fourth-order valence-corrected chi connectivity index (χ4v) is 1.65. The highest BCUT2D eigenvalue weighted by molar-refractivity contribution is 7.98. The van der Waals surface area contributed by atoms with Crippen molar-refractivity contribution in [1.29, 1.82) is 0 Å². The fraction of sp³-hybridized carbons (Fsp3) is 0.500. The van der Waals surface area contributed by atoms with Gasteiger partial charge < -0.3 is 9.15 Å². The van der Waals surface area contributed by atoms with Gasteiger partial charge >= 0.3 is 5.97 Å². The van der Waals surface area contributed by atoms with Crippen molar-refractivity contribution in [3.8, 4) is 0 Å². The molecule has 0 radical (unpaired) electrons. The zero-order valence-corrected chi connectivity index (χ0v) is 9.39. The predicted octanol–water partition coefficient (Wildman–Crippen LogP) is 2.50. The van der Waals surface area contributed by atoms with E-state index in [9.17, 15) is 4.79 Å². The summed E-state index contributed by atoms with van der Waals surface area (Å²) in [7, 11) is 0. The number of esters is 1. The van der Waals surface area contributed by atoms with Gasteiger partial charge in [0.1, 0.15) is 17.4 Å². The van der Waals surface area contributed by atoms with Crippen molar-refractivity contribution < 1.29 is 13.9 Å². The van der Waals surface area contributed by atoms with Crippen molar-refractivity contribution in [2.75, 3.05) is 12.0 Å². The Hall–Kier alpha value is -0.900. The van der Waals surface area contributed by atoms with Gasteiger partial charge in [-0.2, -0.15) is 11.8 Å². The van der Waals surface area contributed by atoms with Crippen molar-refractivity contribution >= 4 is 17.7 Å². The second-order valence-electron chi connectivity index (χ2n) is 3.06. The Morgan fingerprint density at radius 2 is 2.43 bits per heavy atom. The van der Waals surface area contributed by atoms with E-state index >= 15 is 0 Å². The summed E-state index contributed by atoms with van der Waals surface area (Å²) in [5.41, 5.74) is 0.512. The monoisotopic (exact) mass is 214 g/mol. The molecule has 1 atom stereocenters. The number of hydrogen-bond donors (Lipinski definition) is 0. The zero-order chi connectivity index (χ0) is 10.6. The second-order valence-corrected chi connectivity index (χ2v) is 3.97. The largest absolute Gasteiger partial charge is 0.469 e. The molecule has 0 aliphatic rings. The van der Waals surface area contributed by atoms with Gasteiger partial charge in [-0.15, -0.1) is 0 Å². The molecule has 0 amide bonds. The highest BCUT2D eigenvalue weighted by Gasteiger charge is 2.15. The van der Waals surface area contributed by atoms with E-state index in [1.807, 2.05) is 13.2 Å². The van der Waals surface area contributed by atoms with Gasteiger partial charge in [-0.05, 0) is 26.2 Å². The van der Waals surface area contributed by atoms with Gasteiger partial charge in [-0.1, -0.05) is 0 Å². The summed E-state index contributed by atoms with van der Waals surface area (Å²) in [4.78, 5) is 11.5. The second kappa shape index (κ2) is 5.10. The lowest BCUT2D eigenvalue weighted by molar-refractivity contribution is 0.0384.